The number of fused-ring (bicyclic) bond motifs is 1. The summed E-state index contributed by atoms with van der Waals surface area (Å²) in [6, 6.07) is 17.8. The molecule has 13 heteroatoms. The van der Waals surface area contributed by atoms with Gasteiger partial charge in [0.25, 0.3) is 11.8 Å². The van der Waals surface area contributed by atoms with Gasteiger partial charge in [0.15, 0.2) is 0 Å². The van der Waals surface area contributed by atoms with Crippen LogP contribution in [0.5, 0.6) is 5.75 Å². The van der Waals surface area contributed by atoms with Crippen molar-refractivity contribution in [3.8, 4) is 22.7 Å². The molecule has 5 aromatic rings. The van der Waals surface area contributed by atoms with E-state index < -0.39 is 17.4 Å². The number of hydrogen-bond acceptors (Lipinski definition) is 6. The summed E-state index contributed by atoms with van der Waals surface area (Å²) in [5.41, 5.74) is 2.03. The molecule has 0 saturated heterocycles. The first kappa shape index (κ1) is 31.8. The maximum atomic E-state index is 15.2. The molecule has 1 aliphatic heterocycles. The summed E-state index contributed by atoms with van der Waals surface area (Å²) < 4.78 is 24.6. The second kappa shape index (κ2) is 13.0. The van der Waals surface area contributed by atoms with Crippen LogP contribution in [0.15, 0.2) is 88.5 Å². The maximum absolute atomic E-state index is 15.2. The molecule has 1 saturated carbocycles. The first-order valence-corrected chi connectivity index (χ1v) is 16.6. The molecule has 7 rings (SSSR count). The van der Waals surface area contributed by atoms with Gasteiger partial charge in [-0.1, -0.05) is 23.7 Å². The molecule has 2 aliphatic rings. The van der Waals surface area contributed by atoms with Crippen molar-refractivity contribution < 1.29 is 18.7 Å². The van der Waals surface area contributed by atoms with Crippen molar-refractivity contribution >= 4 is 39.3 Å². The van der Waals surface area contributed by atoms with Gasteiger partial charge in [-0.3, -0.25) is 18.7 Å². The number of aromatic nitrogens is 4. The molecule has 0 spiro atoms. The van der Waals surface area contributed by atoms with Gasteiger partial charge in [-0.2, -0.15) is 0 Å². The van der Waals surface area contributed by atoms with Gasteiger partial charge in [-0.15, -0.1) is 0 Å². The van der Waals surface area contributed by atoms with Crippen LogP contribution in [0.25, 0.3) is 16.9 Å². The molecule has 1 unspecified atom stereocenters. The van der Waals surface area contributed by atoms with E-state index in [1.54, 1.807) is 71.8 Å². The Morgan fingerprint density at radius 1 is 1.10 bits per heavy atom. The summed E-state index contributed by atoms with van der Waals surface area (Å²) in [5.74, 6) is -0.755. The molecular formula is C35H29BrClFN6O4. The third kappa shape index (κ3) is 6.13. The lowest BCUT2D eigenvalue weighted by Crippen LogP contribution is -2.47. The van der Waals surface area contributed by atoms with Crippen molar-refractivity contribution in [1.82, 2.24) is 29.3 Å². The van der Waals surface area contributed by atoms with E-state index in [1.807, 2.05) is 6.92 Å². The lowest BCUT2D eigenvalue weighted by molar-refractivity contribution is 0.0610. The fourth-order valence-electron chi connectivity index (χ4n) is 5.89. The highest BCUT2D eigenvalue weighted by Gasteiger charge is 2.35. The van der Waals surface area contributed by atoms with Crippen molar-refractivity contribution in [2.24, 2.45) is 0 Å². The number of ether oxygens (including phenoxy) is 1. The normalized spacial score (nSPS) is 15.6. The number of benzene rings is 3. The van der Waals surface area contributed by atoms with Crippen LogP contribution in [0.3, 0.4) is 0 Å². The van der Waals surface area contributed by atoms with E-state index >= 15 is 4.39 Å². The second-order valence-electron chi connectivity index (χ2n) is 11.8. The molecule has 2 aromatic heterocycles. The fourth-order valence-corrected chi connectivity index (χ4v) is 6.32. The van der Waals surface area contributed by atoms with Crippen LogP contribution in [0.2, 0.25) is 5.02 Å². The molecule has 2 amide bonds. The van der Waals surface area contributed by atoms with E-state index in [9.17, 15) is 14.4 Å². The predicted octanol–water partition coefficient (Wildman–Crippen LogP) is 6.17. The summed E-state index contributed by atoms with van der Waals surface area (Å²) in [4.78, 5) is 51.8. The number of hydrogen-bond donors (Lipinski definition) is 1. The van der Waals surface area contributed by atoms with E-state index in [-0.39, 0.29) is 48.9 Å². The van der Waals surface area contributed by atoms with Gasteiger partial charge in [0.05, 0.1) is 34.7 Å². The molecule has 1 fully saturated rings. The topological polar surface area (TPSA) is 111 Å². The Kier molecular flexibility index (Phi) is 8.61. The smallest absolute Gasteiger partial charge is 0.333 e. The number of nitrogens with one attached hydrogen (secondary N) is 1. The quantitative estimate of drug-likeness (QED) is 0.205. The number of halogens is 3. The molecule has 0 bridgehead atoms. The van der Waals surface area contributed by atoms with Crippen LogP contribution in [0, 0.1) is 5.82 Å². The molecule has 1 atom stereocenters. The van der Waals surface area contributed by atoms with Crippen LogP contribution in [0.1, 0.15) is 51.9 Å². The van der Waals surface area contributed by atoms with Crippen molar-refractivity contribution in [3.63, 3.8) is 0 Å². The Hall–Kier alpha value is -4.81. The minimum absolute atomic E-state index is 0.0204. The number of amides is 2. The standard InChI is InChI=1S/C35H29BrClFN6O4/c1-20-17-43-31(18-42(20)34(46)21-5-12-27(36)28(37)15-21)32(44(35(43)47)22-6-8-23(9-7-22)48-24-10-11-24)33(45)40-16-26-25(3-2-4-29(26)38)30-13-14-39-19-41-30/h2-9,12-15,19-20,24H,10-11,16-18H2,1H3,(H,40,45). The summed E-state index contributed by atoms with van der Waals surface area (Å²) >= 11 is 9.66. The van der Waals surface area contributed by atoms with E-state index in [0.717, 1.165) is 12.8 Å². The van der Waals surface area contributed by atoms with E-state index in [4.69, 9.17) is 16.3 Å². The Morgan fingerprint density at radius 3 is 2.60 bits per heavy atom. The van der Waals surface area contributed by atoms with Gasteiger partial charge in [0.2, 0.25) is 0 Å². The lowest BCUT2D eigenvalue weighted by Gasteiger charge is -2.34. The average Bonchev–Trinajstić information content (AvgIpc) is 3.87. The molecule has 0 radical (unpaired) electrons. The van der Waals surface area contributed by atoms with Crippen molar-refractivity contribution in [2.75, 3.05) is 0 Å². The highest BCUT2D eigenvalue weighted by atomic mass is 79.9. The molecule has 3 heterocycles. The summed E-state index contributed by atoms with van der Waals surface area (Å²) in [5, 5.41) is 3.23. The van der Waals surface area contributed by atoms with Gasteiger partial charge >= 0.3 is 5.69 Å². The monoisotopic (exact) mass is 730 g/mol. The molecule has 1 N–H and O–H groups in total. The second-order valence-corrected chi connectivity index (χ2v) is 13.1. The number of nitrogens with zero attached hydrogens (tertiary/aromatic N) is 5. The Morgan fingerprint density at radius 2 is 1.90 bits per heavy atom. The number of imidazole rings is 1. The van der Waals surface area contributed by atoms with E-state index in [2.05, 4.69) is 31.2 Å². The number of carbonyl (C=O) groups is 2. The minimum atomic E-state index is -0.607. The summed E-state index contributed by atoms with van der Waals surface area (Å²) in [7, 11) is 0. The molecule has 1 aliphatic carbocycles. The van der Waals surface area contributed by atoms with Crippen molar-refractivity contribution in [3.05, 3.63) is 128 Å². The molecule has 48 heavy (non-hydrogen) atoms. The molecule has 244 valence electrons. The molecule has 10 nitrogen and oxygen atoms in total. The van der Waals surface area contributed by atoms with Crippen LogP contribution in [-0.2, 0) is 19.6 Å². The van der Waals surface area contributed by atoms with Gasteiger partial charge in [0.1, 0.15) is 23.6 Å². The van der Waals surface area contributed by atoms with Crippen LogP contribution >= 0.6 is 27.5 Å². The SMILES string of the molecule is CC1Cn2c(c(C(=O)NCc3c(F)cccc3-c3ccncn3)n(-c3ccc(OC4CC4)cc3)c2=O)CN1C(=O)c1ccc(Br)c(Cl)c1. The molecular weight excluding hydrogens is 703 g/mol. The van der Waals surface area contributed by atoms with Crippen molar-refractivity contribution in [2.45, 2.75) is 51.5 Å². The third-order valence-corrected chi connectivity index (χ3v) is 9.74. The van der Waals surface area contributed by atoms with Crippen LogP contribution in [0.4, 0.5) is 4.39 Å². The zero-order valence-electron chi connectivity index (χ0n) is 25.7. The van der Waals surface area contributed by atoms with Gasteiger partial charge in [-0.25, -0.2) is 19.2 Å². The fraction of sp³-hybridized carbons (Fsp3) is 0.229. The van der Waals surface area contributed by atoms with Gasteiger partial charge in [0, 0.05) is 46.5 Å². The third-order valence-electron chi connectivity index (χ3n) is 8.51. The maximum Gasteiger partial charge on any atom is 0.333 e. The van der Waals surface area contributed by atoms with Gasteiger partial charge < -0.3 is 15.0 Å². The lowest BCUT2D eigenvalue weighted by atomic mass is 10.0. The predicted molar refractivity (Wildman–Crippen MR) is 181 cm³/mol. The average molecular weight is 732 g/mol. The van der Waals surface area contributed by atoms with Crippen molar-refractivity contribution in [1.29, 1.82) is 0 Å². The Bertz CT molecular complexity index is 2100. The number of carbonyl (C=O) groups excluding carboxylic acids is 2. The largest absolute Gasteiger partial charge is 0.490 e. The molecule has 3 aromatic carbocycles. The van der Waals surface area contributed by atoms with Gasteiger partial charge in [-0.05, 0) is 90.3 Å². The van der Waals surface area contributed by atoms with Crippen LogP contribution in [-0.4, -0.2) is 48.0 Å². The first-order valence-electron chi connectivity index (χ1n) is 15.4. The number of rotatable bonds is 8. The first-order chi connectivity index (χ1) is 23.2. The Labute approximate surface area is 288 Å². The zero-order valence-corrected chi connectivity index (χ0v) is 28.0. The summed E-state index contributed by atoms with van der Waals surface area (Å²) in [6.45, 7) is 1.80. The highest BCUT2D eigenvalue weighted by molar-refractivity contribution is 9.10. The highest BCUT2D eigenvalue weighted by Crippen LogP contribution is 2.30. The zero-order chi connectivity index (χ0) is 33.5. The van der Waals surface area contributed by atoms with E-state index in [0.29, 0.717) is 43.4 Å². The van der Waals surface area contributed by atoms with E-state index in [1.165, 1.54) is 21.5 Å². The minimum Gasteiger partial charge on any atom is -0.490 e. The Balaban J connectivity index is 1.27. The summed E-state index contributed by atoms with van der Waals surface area (Å²) in [6.07, 6.45) is 5.11. The van der Waals surface area contributed by atoms with Crippen LogP contribution < -0.4 is 15.7 Å².